The molecule has 1 N–H and O–H groups in total. The molecule has 1 saturated carbocycles. The number of sulfonamides is 1. The first-order valence-electron chi connectivity index (χ1n) is 6.43. The van der Waals surface area contributed by atoms with Gasteiger partial charge in [0.1, 0.15) is 10.7 Å². The van der Waals surface area contributed by atoms with Crippen molar-refractivity contribution >= 4 is 16.0 Å². The van der Waals surface area contributed by atoms with Crippen molar-refractivity contribution in [3.63, 3.8) is 0 Å². The zero-order valence-electron chi connectivity index (χ0n) is 10.8. The van der Waals surface area contributed by atoms with Gasteiger partial charge in [0.15, 0.2) is 0 Å². The number of carbonyl (C=O) groups excluding carboxylic acids is 1. The van der Waals surface area contributed by atoms with Crippen LogP contribution in [0.1, 0.15) is 42.5 Å². The second kappa shape index (κ2) is 5.88. The number of carboxylic acid groups (broad SMARTS) is 1. The van der Waals surface area contributed by atoms with E-state index in [9.17, 15) is 22.7 Å². The summed E-state index contributed by atoms with van der Waals surface area (Å²) < 4.78 is 40.4. The molecule has 2 rings (SSSR count). The fourth-order valence-electron chi connectivity index (χ4n) is 2.34. The molecule has 0 aromatic heterocycles. The quantitative estimate of drug-likeness (QED) is 0.891. The van der Waals surface area contributed by atoms with Gasteiger partial charge in [-0.15, -0.1) is 0 Å². The van der Waals surface area contributed by atoms with Crippen LogP contribution < -0.4 is 9.83 Å². The van der Waals surface area contributed by atoms with Gasteiger partial charge in [0.25, 0.3) is 0 Å². The van der Waals surface area contributed by atoms with Gasteiger partial charge >= 0.3 is 0 Å². The number of carbonyl (C=O) groups is 1. The Morgan fingerprint density at radius 2 is 1.90 bits per heavy atom. The molecule has 5 nitrogen and oxygen atoms in total. The average molecular weight is 300 g/mol. The van der Waals surface area contributed by atoms with Crippen molar-refractivity contribution in [3.05, 3.63) is 29.6 Å². The van der Waals surface area contributed by atoms with E-state index in [1.165, 1.54) is 0 Å². The molecule has 110 valence electrons. The summed E-state index contributed by atoms with van der Waals surface area (Å²) >= 11 is 0. The van der Waals surface area contributed by atoms with E-state index in [1.807, 2.05) is 0 Å². The standard InChI is InChI=1S/C13H16FNO4S/c14-11-7-6-9(13(16)17)8-12(11)20(18,19)15-10-4-2-1-3-5-10/h6-8,10,15H,1-5H2,(H,16,17)/p-1. The highest BCUT2D eigenvalue weighted by molar-refractivity contribution is 7.89. The minimum absolute atomic E-state index is 0.222. The lowest BCUT2D eigenvalue weighted by atomic mass is 9.96. The summed E-state index contributed by atoms with van der Waals surface area (Å²) in [6, 6.07) is 2.36. The summed E-state index contributed by atoms with van der Waals surface area (Å²) in [5.74, 6) is -2.52. The Kier molecular flexibility index (Phi) is 4.39. The number of carboxylic acids is 1. The number of halogens is 1. The summed E-state index contributed by atoms with van der Waals surface area (Å²) in [5, 5.41) is 10.7. The normalized spacial score (nSPS) is 17.1. The zero-order chi connectivity index (χ0) is 14.8. The smallest absolute Gasteiger partial charge is 0.243 e. The summed E-state index contributed by atoms with van der Waals surface area (Å²) in [6.07, 6.45) is 4.33. The number of nitrogens with one attached hydrogen (secondary N) is 1. The first kappa shape index (κ1) is 14.9. The van der Waals surface area contributed by atoms with Crippen LogP contribution in [0.25, 0.3) is 0 Å². The third-order valence-corrected chi connectivity index (χ3v) is 4.92. The lowest BCUT2D eigenvalue weighted by molar-refractivity contribution is -0.255. The van der Waals surface area contributed by atoms with Crippen molar-refractivity contribution in [2.24, 2.45) is 0 Å². The predicted molar refractivity (Wildman–Crippen MR) is 67.9 cm³/mol. The molecule has 1 aliphatic rings. The zero-order valence-corrected chi connectivity index (χ0v) is 11.6. The lowest BCUT2D eigenvalue weighted by Gasteiger charge is -2.22. The van der Waals surface area contributed by atoms with Gasteiger partial charge in [-0.05, 0) is 30.5 Å². The van der Waals surface area contributed by atoms with E-state index in [4.69, 9.17) is 0 Å². The Labute approximate surface area is 116 Å². The number of hydrogen-bond donors (Lipinski definition) is 1. The van der Waals surface area contributed by atoms with Crippen LogP contribution in [-0.2, 0) is 10.0 Å². The SMILES string of the molecule is O=C([O-])c1ccc(F)c(S(=O)(=O)NC2CCCCC2)c1. The van der Waals surface area contributed by atoms with Gasteiger partial charge in [-0.2, -0.15) is 0 Å². The topological polar surface area (TPSA) is 86.3 Å². The largest absolute Gasteiger partial charge is 0.545 e. The molecule has 1 aliphatic carbocycles. The van der Waals surface area contributed by atoms with Crippen LogP contribution in [0.2, 0.25) is 0 Å². The molecule has 0 bridgehead atoms. The monoisotopic (exact) mass is 300 g/mol. The summed E-state index contributed by atoms with van der Waals surface area (Å²) in [7, 11) is -4.06. The third kappa shape index (κ3) is 3.34. The maximum atomic E-state index is 13.7. The highest BCUT2D eigenvalue weighted by Gasteiger charge is 2.24. The summed E-state index contributed by atoms with van der Waals surface area (Å²) in [6.45, 7) is 0. The number of benzene rings is 1. The van der Waals surface area contributed by atoms with Crippen molar-refractivity contribution in [2.45, 2.75) is 43.0 Å². The Hall–Kier alpha value is -1.47. The molecular weight excluding hydrogens is 285 g/mol. The molecule has 1 aromatic carbocycles. The summed E-state index contributed by atoms with van der Waals surface area (Å²) in [4.78, 5) is 10.1. The Morgan fingerprint density at radius 1 is 1.25 bits per heavy atom. The first-order chi connectivity index (χ1) is 9.40. The van der Waals surface area contributed by atoms with Crippen molar-refractivity contribution in [1.82, 2.24) is 4.72 Å². The fraction of sp³-hybridized carbons (Fsp3) is 0.462. The van der Waals surface area contributed by atoms with Crippen LogP contribution >= 0.6 is 0 Å². The van der Waals surface area contributed by atoms with E-state index >= 15 is 0 Å². The molecule has 0 atom stereocenters. The van der Waals surface area contributed by atoms with E-state index < -0.39 is 26.7 Å². The third-order valence-electron chi connectivity index (χ3n) is 3.38. The van der Waals surface area contributed by atoms with E-state index in [0.717, 1.165) is 37.5 Å². The minimum Gasteiger partial charge on any atom is -0.545 e. The molecule has 7 heteroatoms. The molecule has 0 unspecified atom stereocenters. The predicted octanol–water partition coefficient (Wildman–Crippen LogP) is 0.800. The second-order valence-electron chi connectivity index (χ2n) is 4.89. The molecule has 0 aliphatic heterocycles. The summed E-state index contributed by atoms with van der Waals surface area (Å²) in [5.41, 5.74) is -0.365. The van der Waals surface area contributed by atoms with Crippen molar-refractivity contribution in [1.29, 1.82) is 0 Å². The van der Waals surface area contributed by atoms with E-state index in [2.05, 4.69) is 4.72 Å². The van der Waals surface area contributed by atoms with E-state index in [-0.39, 0.29) is 11.6 Å². The van der Waals surface area contributed by atoms with Gasteiger partial charge in [0, 0.05) is 6.04 Å². The van der Waals surface area contributed by atoms with Crippen molar-refractivity contribution in [3.8, 4) is 0 Å². The number of rotatable bonds is 4. The van der Waals surface area contributed by atoms with Gasteiger partial charge in [-0.1, -0.05) is 25.3 Å². The maximum Gasteiger partial charge on any atom is 0.243 e. The molecule has 1 fully saturated rings. The highest BCUT2D eigenvalue weighted by atomic mass is 32.2. The van der Waals surface area contributed by atoms with Gasteiger partial charge in [-0.3, -0.25) is 0 Å². The highest BCUT2D eigenvalue weighted by Crippen LogP contribution is 2.21. The second-order valence-corrected chi connectivity index (χ2v) is 6.57. The fourth-order valence-corrected chi connectivity index (χ4v) is 3.75. The van der Waals surface area contributed by atoms with Crippen molar-refractivity contribution in [2.75, 3.05) is 0 Å². The van der Waals surface area contributed by atoms with Crippen LogP contribution in [-0.4, -0.2) is 20.4 Å². The van der Waals surface area contributed by atoms with Gasteiger partial charge < -0.3 is 9.90 Å². The maximum absolute atomic E-state index is 13.7. The van der Waals surface area contributed by atoms with E-state index in [0.29, 0.717) is 12.8 Å². The number of hydrogen-bond acceptors (Lipinski definition) is 4. The van der Waals surface area contributed by atoms with Gasteiger partial charge in [0.05, 0.1) is 5.97 Å². The average Bonchev–Trinajstić information content (AvgIpc) is 2.39. The molecule has 0 amide bonds. The molecule has 0 radical (unpaired) electrons. The van der Waals surface area contributed by atoms with Gasteiger partial charge in [-0.25, -0.2) is 17.5 Å². The Balaban J connectivity index is 2.28. The van der Waals surface area contributed by atoms with Crippen LogP contribution in [0, 0.1) is 5.82 Å². The van der Waals surface area contributed by atoms with Crippen LogP contribution in [0.5, 0.6) is 0 Å². The Bertz CT molecular complexity index is 609. The molecule has 0 spiro atoms. The van der Waals surface area contributed by atoms with Crippen LogP contribution in [0.15, 0.2) is 23.1 Å². The van der Waals surface area contributed by atoms with Crippen LogP contribution in [0.3, 0.4) is 0 Å². The molecule has 0 heterocycles. The van der Waals surface area contributed by atoms with Crippen molar-refractivity contribution < 1.29 is 22.7 Å². The number of aromatic carboxylic acids is 1. The Morgan fingerprint density at radius 3 is 2.50 bits per heavy atom. The first-order valence-corrected chi connectivity index (χ1v) is 7.92. The molecular formula is C13H15FNO4S-. The lowest BCUT2D eigenvalue weighted by Crippen LogP contribution is -2.36. The molecule has 20 heavy (non-hydrogen) atoms. The minimum atomic E-state index is -4.06. The van der Waals surface area contributed by atoms with Crippen LogP contribution in [0.4, 0.5) is 4.39 Å². The van der Waals surface area contributed by atoms with E-state index in [1.54, 1.807) is 0 Å². The van der Waals surface area contributed by atoms with Gasteiger partial charge in [0.2, 0.25) is 10.0 Å². The molecule has 1 aromatic rings. The molecule has 0 saturated heterocycles.